The molecule has 2 amide bonds. The van der Waals surface area contributed by atoms with Crippen LogP contribution < -0.4 is 5.32 Å². The zero-order chi connectivity index (χ0) is 17.1. The molecule has 7 nitrogen and oxygen atoms in total. The van der Waals surface area contributed by atoms with Crippen molar-refractivity contribution in [3.63, 3.8) is 0 Å². The number of piperazine rings is 1. The highest BCUT2D eigenvalue weighted by molar-refractivity contribution is 5.74. The molecule has 1 aromatic carbocycles. The molecule has 7 heteroatoms. The Balaban J connectivity index is 1.23. The zero-order valence-corrected chi connectivity index (χ0v) is 14.3. The maximum absolute atomic E-state index is 12.3. The third-order valence-electron chi connectivity index (χ3n) is 4.94. The Morgan fingerprint density at radius 3 is 2.44 bits per heavy atom. The van der Waals surface area contributed by atoms with Gasteiger partial charge in [-0.15, -0.1) is 0 Å². The first kappa shape index (κ1) is 16.1. The molecule has 0 unspecified atom stereocenters. The van der Waals surface area contributed by atoms with Crippen molar-refractivity contribution in [2.45, 2.75) is 32.0 Å². The van der Waals surface area contributed by atoms with E-state index in [1.165, 1.54) is 19.2 Å². The second-order valence-corrected chi connectivity index (χ2v) is 6.82. The molecule has 25 heavy (non-hydrogen) atoms. The van der Waals surface area contributed by atoms with E-state index in [4.69, 9.17) is 0 Å². The third-order valence-corrected chi connectivity index (χ3v) is 4.94. The fraction of sp³-hybridized carbons (Fsp3) is 0.500. The van der Waals surface area contributed by atoms with E-state index < -0.39 is 0 Å². The maximum atomic E-state index is 12.3. The Hall–Kier alpha value is -2.41. The molecule has 1 N–H and O–H groups in total. The van der Waals surface area contributed by atoms with E-state index in [0.717, 1.165) is 43.3 Å². The van der Waals surface area contributed by atoms with Crippen molar-refractivity contribution in [1.29, 1.82) is 0 Å². The van der Waals surface area contributed by atoms with Gasteiger partial charge in [0, 0.05) is 38.8 Å². The van der Waals surface area contributed by atoms with Gasteiger partial charge in [-0.05, 0) is 24.0 Å². The van der Waals surface area contributed by atoms with Gasteiger partial charge in [-0.1, -0.05) is 24.3 Å². The quantitative estimate of drug-likeness (QED) is 0.891. The number of nitrogens with zero attached hydrogens (tertiary/aromatic N) is 5. The van der Waals surface area contributed by atoms with E-state index in [9.17, 15) is 4.79 Å². The normalized spacial score (nSPS) is 18.3. The summed E-state index contributed by atoms with van der Waals surface area (Å²) in [7, 11) is 0. The van der Waals surface area contributed by atoms with Crippen LogP contribution in [0.15, 0.2) is 36.9 Å². The number of carbonyl (C=O) groups is 1. The Bertz CT molecular complexity index is 687. The van der Waals surface area contributed by atoms with Gasteiger partial charge in [-0.2, -0.15) is 5.10 Å². The topological polar surface area (TPSA) is 66.3 Å². The number of carbonyl (C=O) groups excluding carboxylic acids is 1. The summed E-state index contributed by atoms with van der Waals surface area (Å²) in [5.74, 6) is 0. The molecule has 1 aliphatic carbocycles. The summed E-state index contributed by atoms with van der Waals surface area (Å²) in [4.78, 5) is 20.7. The first-order valence-electron chi connectivity index (χ1n) is 8.95. The summed E-state index contributed by atoms with van der Waals surface area (Å²) in [5.41, 5.74) is 2.27. The molecule has 2 aromatic rings. The Morgan fingerprint density at radius 1 is 1.08 bits per heavy atom. The molecule has 132 valence electrons. The van der Waals surface area contributed by atoms with Crippen molar-refractivity contribution in [1.82, 2.24) is 29.9 Å². The number of nitrogens with one attached hydrogen (secondary N) is 1. The molecule has 0 spiro atoms. The number of hydrogen-bond acceptors (Lipinski definition) is 4. The van der Waals surface area contributed by atoms with Gasteiger partial charge in [0.1, 0.15) is 12.7 Å². The van der Waals surface area contributed by atoms with Crippen LogP contribution in [0.1, 0.15) is 24.0 Å². The molecule has 0 atom stereocenters. The van der Waals surface area contributed by atoms with Crippen LogP contribution in [0, 0.1) is 0 Å². The Morgan fingerprint density at radius 2 is 1.80 bits per heavy atom. The van der Waals surface area contributed by atoms with Crippen molar-refractivity contribution in [3.8, 4) is 0 Å². The maximum Gasteiger partial charge on any atom is 0.317 e. The number of hydrogen-bond donors (Lipinski definition) is 1. The lowest BCUT2D eigenvalue weighted by Crippen LogP contribution is -2.52. The number of aromatic nitrogens is 3. The molecule has 2 aliphatic rings. The summed E-state index contributed by atoms with van der Waals surface area (Å²) in [6.45, 7) is 4.95. The fourth-order valence-corrected chi connectivity index (χ4v) is 3.28. The van der Waals surface area contributed by atoms with E-state index in [0.29, 0.717) is 13.1 Å². The summed E-state index contributed by atoms with van der Waals surface area (Å²) in [6.07, 6.45) is 5.91. The predicted molar refractivity (Wildman–Crippen MR) is 94.0 cm³/mol. The Kier molecular flexibility index (Phi) is 4.65. The smallest absolute Gasteiger partial charge is 0.317 e. The molecule has 0 bridgehead atoms. The van der Waals surface area contributed by atoms with Crippen LogP contribution in [0.25, 0.3) is 0 Å². The minimum absolute atomic E-state index is 0.0436. The average Bonchev–Trinajstić information content (AvgIpc) is 3.38. The second-order valence-electron chi connectivity index (χ2n) is 6.82. The lowest BCUT2D eigenvalue weighted by molar-refractivity contribution is 0.134. The van der Waals surface area contributed by atoms with E-state index in [-0.39, 0.29) is 6.03 Å². The lowest BCUT2D eigenvalue weighted by Gasteiger charge is -2.34. The van der Waals surface area contributed by atoms with Crippen LogP contribution in [0.5, 0.6) is 0 Å². The molecule has 1 saturated carbocycles. The molecule has 1 saturated heterocycles. The van der Waals surface area contributed by atoms with Crippen LogP contribution in [-0.4, -0.2) is 62.8 Å². The molecule has 2 fully saturated rings. The van der Waals surface area contributed by atoms with Gasteiger partial charge in [0.15, 0.2) is 0 Å². The molecule has 2 heterocycles. The second kappa shape index (κ2) is 7.23. The first-order valence-corrected chi connectivity index (χ1v) is 8.95. The van der Waals surface area contributed by atoms with Crippen molar-refractivity contribution < 1.29 is 4.79 Å². The van der Waals surface area contributed by atoms with E-state index in [1.807, 2.05) is 4.90 Å². The van der Waals surface area contributed by atoms with Crippen molar-refractivity contribution >= 4 is 6.03 Å². The molecule has 1 aliphatic heterocycles. The van der Waals surface area contributed by atoms with Crippen LogP contribution >= 0.6 is 0 Å². The number of rotatable bonds is 5. The highest BCUT2D eigenvalue weighted by Crippen LogP contribution is 2.27. The highest BCUT2D eigenvalue weighted by atomic mass is 16.2. The van der Waals surface area contributed by atoms with Crippen molar-refractivity contribution in [3.05, 3.63) is 48.0 Å². The largest absolute Gasteiger partial charge is 0.334 e. The van der Waals surface area contributed by atoms with Crippen LogP contribution in [0.4, 0.5) is 4.79 Å². The molecule has 4 rings (SSSR count). The monoisotopic (exact) mass is 340 g/mol. The summed E-state index contributed by atoms with van der Waals surface area (Å²) < 4.78 is 1.79. The molecule has 1 aromatic heterocycles. The average molecular weight is 340 g/mol. The third kappa shape index (κ3) is 4.17. The predicted octanol–water partition coefficient (Wildman–Crippen LogP) is 1.32. The van der Waals surface area contributed by atoms with Gasteiger partial charge >= 0.3 is 6.03 Å². The number of amides is 2. The van der Waals surface area contributed by atoms with Crippen LogP contribution in [0.2, 0.25) is 0 Å². The molecular weight excluding hydrogens is 316 g/mol. The van der Waals surface area contributed by atoms with Crippen molar-refractivity contribution in [2.24, 2.45) is 0 Å². The van der Waals surface area contributed by atoms with Gasteiger partial charge in [0.25, 0.3) is 0 Å². The number of urea groups is 1. The van der Waals surface area contributed by atoms with Crippen LogP contribution in [0.3, 0.4) is 0 Å². The molecular formula is C18H24N6O. The first-order chi connectivity index (χ1) is 12.3. The minimum atomic E-state index is 0.0436. The van der Waals surface area contributed by atoms with Crippen molar-refractivity contribution in [2.75, 3.05) is 26.2 Å². The van der Waals surface area contributed by atoms with Gasteiger partial charge in [0.2, 0.25) is 0 Å². The van der Waals surface area contributed by atoms with E-state index in [1.54, 1.807) is 11.0 Å². The molecule has 0 radical (unpaired) electrons. The highest BCUT2D eigenvalue weighted by Gasteiger charge is 2.32. The van der Waals surface area contributed by atoms with Gasteiger partial charge < -0.3 is 10.2 Å². The lowest BCUT2D eigenvalue weighted by atomic mass is 10.1. The summed E-state index contributed by atoms with van der Waals surface area (Å²) >= 11 is 0. The van der Waals surface area contributed by atoms with Gasteiger partial charge in [-0.3, -0.25) is 4.90 Å². The van der Waals surface area contributed by atoms with Crippen LogP contribution in [-0.2, 0) is 13.1 Å². The van der Waals surface area contributed by atoms with E-state index in [2.05, 4.69) is 44.6 Å². The Labute approximate surface area is 147 Å². The standard InChI is InChI=1S/C18H24N6O/c25-18(23-9-7-22(8-10-23)17-5-6-17)20-11-15-1-3-16(4-2-15)12-24-14-19-13-21-24/h1-4,13-14,17H,5-12H2,(H,20,25). The van der Waals surface area contributed by atoms with E-state index >= 15 is 0 Å². The summed E-state index contributed by atoms with van der Waals surface area (Å²) in [6, 6.07) is 9.08. The minimum Gasteiger partial charge on any atom is -0.334 e. The summed E-state index contributed by atoms with van der Waals surface area (Å²) in [5, 5.41) is 7.14. The zero-order valence-electron chi connectivity index (χ0n) is 14.3. The van der Waals surface area contributed by atoms with Gasteiger partial charge in [-0.25, -0.2) is 14.5 Å². The fourth-order valence-electron chi connectivity index (χ4n) is 3.28. The van der Waals surface area contributed by atoms with Gasteiger partial charge in [0.05, 0.1) is 6.54 Å². The SMILES string of the molecule is O=C(NCc1ccc(Cn2cncn2)cc1)N1CCN(C2CC2)CC1. The number of benzene rings is 1.